The summed E-state index contributed by atoms with van der Waals surface area (Å²) in [4.78, 5) is 16.2. The third-order valence-electron chi connectivity index (χ3n) is 6.25. The van der Waals surface area contributed by atoms with Gasteiger partial charge in [0.15, 0.2) is 5.76 Å². The summed E-state index contributed by atoms with van der Waals surface area (Å²) in [6.45, 7) is 6.56. The van der Waals surface area contributed by atoms with Gasteiger partial charge in [0.2, 0.25) is 11.7 Å². The lowest BCUT2D eigenvalue weighted by Gasteiger charge is -2.37. The molecule has 0 spiro atoms. The van der Waals surface area contributed by atoms with Crippen LogP contribution < -0.4 is 10.5 Å². The van der Waals surface area contributed by atoms with E-state index in [0.29, 0.717) is 29.5 Å². The van der Waals surface area contributed by atoms with Gasteiger partial charge >= 0.3 is 10.3 Å². The SMILES string of the molecule is CC[C@H](C)[C@H](N)C(=O)NS(=O)(=O)OC[C@H]1CO[C@@H](C/C(C)=C/c2ncc(-c3cc(C)no3)o2)[C@H](O)[C@@H]1O. The Bertz CT molecular complexity index is 1190. The molecule has 206 valence electrons. The Kier molecular flexibility index (Phi) is 9.61. The van der Waals surface area contributed by atoms with E-state index in [1.54, 1.807) is 37.6 Å². The van der Waals surface area contributed by atoms with Crippen molar-refractivity contribution in [3.8, 4) is 11.5 Å². The van der Waals surface area contributed by atoms with Crippen molar-refractivity contribution in [1.29, 1.82) is 0 Å². The van der Waals surface area contributed by atoms with Crippen LogP contribution in [0.1, 0.15) is 45.2 Å². The first-order valence-electron chi connectivity index (χ1n) is 11.9. The smallest absolute Gasteiger partial charge is 0.362 e. The number of nitrogens with two attached hydrogens (primary N) is 1. The number of hydrogen-bond acceptors (Lipinski definition) is 12. The summed E-state index contributed by atoms with van der Waals surface area (Å²) >= 11 is 0. The number of rotatable bonds is 11. The van der Waals surface area contributed by atoms with E-state index in [-0.39, 0.29) is 18.9 Å². The summed E-state index contributed by atoms with van der Waals surface area (Å²) in [5, 5.41) is 24.9. The highest BCUT2D eigenvalue weighted by molar-refractivity contribution is 7.85. The zero-order valence-electron chi connectivity index (χ0n) is 21.2. The third kappa shape index (κ3) is 7.69. The first-order valence-corrected chi connectivity index (χ1v) is 13.3. The number of aromatic nitrogens is 2. The molecule has 1 aliphatic rings. The molecule has 0 radical (unpaired) electrons. The van der Waals surface area contributed by atoms with E-state index in [9.17, 15) is 23.4 Å². The van der Waals surface area contributed by atoms with Gasteiger partial charge in [0.25, 0.3) is 5.91 Å². The van der Waals surface area contributed by atoms with Gasteiger partial charge in [-0.05, 0) is 32.3 Å². The zero-order valence-corrected chi connectivity index (χ0v) is 22.0. The van der Waals surface area contributed by atoms with Gasteiger partial charge in [-0.2, -0.15) is 8.42 Å². The number of aryl methyl sites for hydroxylation is 1. The van der Waals surface area contributed by atoms with Crippen LogP contribution in [-0.4, -0.2) is 72.2 Å². The Hall–Kier alpha value is -2.62. The zero-order chi connectivity index (χ0) is 27.3. The topological polar surface area (TPSA) is 200 Å². The van der Waals surface area contributed by atoms with Crippen molar-refractivity contribution in [2.75, 3.05) is 13.2 Å². The summed E-state index contributed by atoms with van der Waals surface area (Å²) in [6, 6.07) is 0.704. The Balaban J connectivity index is 1.52. The Morgan fingerprint density at radius 1 is 1.35 bits per heavy atom. The van der Waals surface area contributed by atoms with E-state index in [2.05, 4.69) is 10.1 Å². The van der Waals surface area contributed by atoms with Crippen LogP contribution in [-0.2, 0) is 24.0 Å². The second-order valence-electron chi connectivity index (χ2n) is 9.32. The highest BCUT2D eigenvalue weighted by Crippen LogP contribution is 2.27. The molecule has 13 nitrogen and oxygen atoms in total. The first-order chi connectivity index (χ1) is 17.4. The normalized spacial score (nSPS) is 24.6. The third-order valence-corrected chi connectivity index (χ3v) is 7.15. The Labute approximate surface area is 215 Å². The van der Waals surface area contributed by atoms with Crippen LogP contribution in [0.3, 0.4) is 0 Å². The molecule has 0 aromatic carbocycles. The van der Waals surface area contributed by atoms with Crippen molar-refractivity contribution in [3.63, 3.8) is 0 Å². The number of aliphatic hydroxyl groups excluding tert-OH is 2. The molecule has 0 bridgehead atoms. The summed E-state index contributed by atoms with van der Waals surface area (Å²) < 4.78 is 47.4. The van der Waals surface area contributed by atoms with Crippen LogP contribution in [0.15, 0.2) is 26.8 Å². The molecule has 3 rings (SSSR count). The average Bonchev–Trinajstić information content (AvgIpc) is 3.49. The fourth-order valence-electron chi connectivity index (χ4n) is 3.71. The lowest BCUT2D eigenvalue weighted by atomic mass is 9.90. The molecular weight excluding hydrogens is 508 g/mol. The monoisotopic (exact) mass is 542 g/mol. The van der Waals surface area contributed by atoms with Crippen LogP contribution >= 0.6 is 0 Å². The molecular formula is C23H34N4O9S. The van der Waals surface area contributed by atoms with E-state index in [0.717, 1.165) is 5.57 Å². The minimum Gasteiger partial charge on any atom is -0.433 e. The van der Waals surface area contributed by atoms with Crippen molar-refractivity contribution in [2.24, 2.45) is 17.6 Å². The van der Waals surface area contributed by atoms with Gasteiger partial charge in [-0.3, -0.25) is 8.98 Å². The molecule has 37 heavy (non-hydrogen) atoms. The maximum atomic E-state index is 12.1. The van der Waals surface area contributed by atoms with E-state index in [1.165, 1.54) is 6.20 Å². The van der Waals surface area contributed by atoms with Crippen LogP contribution in [0, 0.1) is 18.8 Å². The van der Waals surface area contributed by atoms with Gasteiger partial charge < -0.3 is 29.6 Å². The van der Waals surface area contributed by atoms with Crippen LogP contribution in [0.25, 0.3) is 17.6 Å². The van der Waals surface area contributed by atoms with Gasteiger partial charge in [0.05, 0.1) is 43.4 Å². The van der Waals surface area contributed by atoms with Crippen LogP contribution in [0.4, 0.5) is 0 Å². The Morgan fingerprint density at radius 3 is 2.73 bits per heavy atom. The van der Waals surface area contributed by atoms with Gasteiger partial charge in [-0.1, -0.05) is 31.0 Å². The number of nitrogens with zero attached hydrogens (tertiary/aromatic N) is 2. The molecule has 2 aromatic rings. The van der Waals surface area contributed by atoms with Gasteiger partial charge in [-0.25, -0.2) is 9.71 Å². The molecule has 0 aliphatic carbocycles. The fourth-order valence-corrected chi connectivity index (χ4v) is 4.51. The van der Waals surface area contributed by atoms with Crippen LogP contribution in [0.2, 0.25) is 0 Å². The largest absolute Gasteiger partial charge is 0.433 e. The standard InChI is InChI=1S/C23H34N4O9S/c1-5-13(3)20(24)23(30)27-37(31,32)34-11-15-10-33-17(22(29)21(15)28)6-12(2)7-19-25-9-18(35-19)16-8-14(4)26-36-16/h7-9,13,15,17,20-22,28-29H,5-6,10-11,24H2,1-4H3,(H,27,30)/b12-7+/t13-,15+,17-,20-,21+,22-/m0/s1. The summed E-state index contributed by atoms with van der Waals surface area (Å²) in [7, 11) is -4.46. The van der Waals surface area contributed by atoms with E-state index < -0.39 is 53.1 Å². The number of carbonyl (C=O) groups is 1. The molecule has 1 fully saturated rings. The number of nitrogens with one attached hydrogen (secondary N) is 1. The minimum absolute atomic E-state index is 0.0694. The lowest BCUT2D eigenvalue weighted by molar-refractivity contribution is -0.168. The fraction of sp³-hybridized carbons (Fsp3) is 0.609. The molecule has 5 N–H and O–H groups in total. The summed E-state index contributed by atoms with van der Waals surface area (Å²) in [6.07, 6.45) is 0.654. The number of amides is 1. The second kappa shape index (κ2) is 12.3. The summed E-state index contributed by atoms with van der Waals surface area (Å²) in [5.74, 6) is -0.767. The maximum absolute atomic E-state index is 12.1. The van der Waals surface area contributed by atoms with Crippen molar-refractivity contribution in [2.45, 2.75) is 64.9 Å². The molecule has 1 aliphatic heterocycles. The van der Waals surface area contributed by atoms with E-state index in [4.69, 9.17) is 23.6 Å². The van der Waals surface area contributed by atoms with Crippen molar-refractivity contribution >= 4 is 22.3 Å². The number of oxazole rings is 1. The predicted molar refractivity (Wildman–Crippen MR) is 131 cm³/mol. The van der Waals surface area contributed by atoms with Gasteiger partial charge in [0, 0.05) is 12.0 Å². The molecule has 0 unspecified atom stereocenters. The number of carbonyl (C=O) groups excluding carboxylic acids is 1. The lowest BCUT2D eigenvalue weighted by Crippen LogP contribution is -2.52. The average molecular weight is 543 g/mol. The number of hydrogen-bond donors (Lipinski definition) is 4. The molecule has 1 saturated heterocycles. The second-order valence-corrected chi connectivity index (χ2v) is 10.7. The van der Waals surface area contributed by atoms with Crippen LogP contribution in [0.5, 0.6) is 0 Å². The molecule has 14 heteroatoms. The molecule has 6 atom stereocenters. The molecule has 2 aromatic heterocycles. The Morgan fingerprint density at radius 2 is 2.08 bits per heavy atom. The van der Waals surface area contributed by atoms with Crippen molar-refractivity contribution in [1.82, 2.24) is 14.9 Å². The van der Waals surface area contributed by atoms with Crippen molar-refractivity contribution < 1.29 is 41.3 Å². The minimum atomic E-state index is -4.46. The number of aliphatic hydroxyl groups is 2. The highest BCUT2D eigenvalue weighted by Gasteiger charge is 2.39. The molecule has 0 saturated carbocycles. The van der Waals surface area contributed by atoms with E-state index >= 15 is 0 Å². The predicted octanol–water partition coefficient (Wildman–Crippen LogP) is 0.919. The molecule has 1 amide bonds. The summed E-state index contributed by atoms with van der Waals surface area (Å²) in [5.41, 5.74) is 7.21. The maximum Gasteiger partial charge on any atom is 0.362 e. The van der Waals surface area contributed by atoms with E-state index in [1.807, 2.05) is 6.92 Å². The molecule has 3 heterocycles. The highest BCUT2D eigenvalue weighted by atomic mass is 32.2. The van der Waals surface area contributed by atoms with Crippen molar-refractivity contribution in [3.05, 3.63) is 29.4 Å². The number of ether oxygens (including phenoxy) is 1. The first kappa shape index (κ1) is 28.9. The quantitative estimate of drug-likeness (QED) is 0.313. The van der Waals surface area contributed by atoms with Gasteiger partial charge in [-0.15, -0.1) is 0 Å². The van der Waals surface area contributed by atoms with Gasteiger partial charge in [0.1, 0.15) is 6.10 Å².